The third-order valence-corrected chi connectivity index (χ3v) is 2.38. The molecule has 2 rings (SSSR count). The fraction of sp³-hybridized carbons (Fsp3) is 0.400. The third kappa shape index (κ3) is 3.80. The summed E-state index contributed by atoms with van der Waals surface area (Å²) in [7, 11) is 0. The lowest BCUT2D eigenvalue weighted by molar-refractivity contribution is -0.141. The molecule has 2 heterocycles. The van der Waals surface area contributed by atoms with E-state index in [1.54, 1.807) is 6.92 Å². The monoisotopic (exact) mass is 307 g/mol. The first-order chi connectivity index (χ1) is 9.34. The number of nitrogens with zero attached hydrogens (tertiary/aromatic N) is 4. The Morgan fingerprint density at radius 2 is 2.05 bits per heavy atom. The average Bonchev–Trinajstić information content (AvgIpc) is 2.73. The lowest BCUT2D eigenvalue weighted by atomic mass is 10.3. The maximum Gasteiger partial charge on any atom is 0.433 e. The van der Waals surface area contributed by atoms with Gasteiger partial charge in [0.1, 0.15) is 5.82 Å². The zero-order valence-electron chi connectivity index (χ0n) is 10.2. The summed E-state index contributed by atoms with van der Waals surface area (Å²) in [5.74, 6) is 0.855. The maximum absolute atomic E-state index is 12.5. The van der Waals surface area contributed by atoms with Crippen molar-refractivity contribution in [3.63, 3.8) is 0 Å². The van der Waals surface area contributed by atoms with Gasteiger partial charge in [-0.25, -0.2) is 9.97 Å². The zero-order valence-corrected chi connectivity index (χ0v) is 11.0. The molecule has 0 aliphatic carbocycles. The molecule has 10 heteroatoms. The highest BCUT2D eigenvalue weighted by atomic mass is 35.5. The molecule has 20 heavy (non-hydrogen) atoms. The SMILES string of the molecule is Cc1nc(CCNc2cc(C(F)(F)F)nc(Cl)n2)no1. The minimum absolute atomic E-state index is 0.0162. The number of hydrogen-bond donors (Lipinski definition) is 1. The lowest BCUT2D eigenvalue weighted by Crippen LogP contribution is -2.12. The molecule has 6 nitrogen and oxygen atoms in total. The van der Waals surface area contributed by atoms with E-state index in [2.05, 4.69) is 25.4 Å². The van der Waals surface area contributed by atoms with Gasteiger partial charge in [0.05, 0.1) is 0 Å². The molecule has 0 saturated heterocycles. The number of aryl methyl sites for hydroxylation is 1. The Morgan fingerprint density at radius 1 is 1.30 bits per heavy atom. The highest BCUT2D eigenvalue weighted by molar-refractivity contribution is 6.28. The van der Waals surface area contributed by atoms with E-state index in [4.69, 9.17) is 16.1 Å². The van der Waals surface area contributed by atoms with Gasteiger partial charge >= 0.3 is 6.18 Å². The highest BCUT2D eigenvalue weighted by Gasteiger charge is 2.33. The van der Waals surface area contributed by atoms with Crippen molar-refractivity contribution in [2.75, 3.05) is 11.9 Å². The standard InChI is InChI=1S/C10H9ClF3N5O/c1-5-16-7(19-20-5)2-3-15-8-4-6(10(12,13)14)17-9(11)18-8/h4H,2-3H2,1H3,(H,15,17,18). The van der Waals surface area contributed by atoms with Gasteiger partial charge in [-0.1, -0.05) is 5.16 Å². The summed E-state index contributed by atoms with van der Waals surface area (Å²) < 4.78 is 42.4. The highest BCUT2D eigenvalue weighted by Crippen LogP contribution is 2.29. The van der Waals surface area contributed by atoms with Crippen molar-refractivity contribution in [1.82, 2.24) is 20.1 Å². The Balaban J connectivity index is 2.00. The summed E-state index contributed by atoms with van der Waals surface area (Å²) in [5.41, 5.74) is -1.10. The van der Waals surface area contributed by atoms with Crippen LogP contribution in [0.25, 0.3) is 0 Å². The van der Waals surface area contributed by atoms with E-state index < -0.39 is 17.2 Å². The van der Waals surface area contributed by atoms with Crippen molar-refractivity contribution in [3.05, 3.63) is 28.8 Å². The number of nitrogens with one attached hydrogen (secondary N) is 1. The summed E-state index contributed by atoms with van der Waals surface area (Å²) >= 11 is 5.45. The van der Waals surface area contributed by atoms with Crippen LogP contribution in [0.2, 0.25) is 5.28 Å². The first-order valence-corrected chi connectivity index (χ1v) is 5.87. The van der Waals surface area contributed by atoms with Crippen LogP contribution in [0.5, 0.6) is 0 Å². The molecule has 0 saturated carbocycles. The van der Waals surface area contributed by atoms with Gasteiger partial charge < -0.3 is 9.84 Å². The molecule has 0 spiro atoms. The Morgan fingerprint density at radius 3 is 2.65 bits per heavy atom. The summed E-state index contributed by atoms with van der Waals surface area (Å²) in [6.45, 7) is 1.92. The van der Waals surface area contributed by atoms with Crippen LogP contribution < -0.4 is 5.32 Å². The van der Waals surface area contributed by atoms with Crippen LogP contribution in [0.15, 0.2) is 10.6 Å². The smallest absolute Gasteiger partial charge is 0.369 e. The molecule has 0 fully saturated rings. The molecule has 0 atom stereocenters. The third-order valence-electron chi connectivity index (χ3n) is 2.21. The predicted molar refractivity (Wildman–Crippen MR) is 63.3 cm³/mol. The van der Waals surface area contributed by atoms with Crippen LogP contribution >= 0.6 is 11.6 Å². The topological polar surface area (TPSA) is 76.7 Å². The Kier molecular flexibility index (Phi) is 4.07. The molecule has 0 aliphatic heterocycles. The predicted octanol–water partition coefficient (Wildman–Crippen LogP) is 2.49. The first-order valence-electron chi connectivity index (χ1n) is 5.49. The molecular formula is C10H9ClF3N5O. The number of hydrogen-bond acceptors (Lipinski definition) is 6. The number of halogens is 4. The Hall–Kier alpha value is -1.90. The molecule has 0 unspecified atom stereocenters. The second-order valence-corrected chi connectivity index (χ2v) is 4.15. The fourth-order valence-electron chi connectivity index (χ4n) is 1.40. The lowest BCUT2D eigenvalue weighted by Gasteiger charge is -2.09. The summed E-state index contributed by atoms with van der Waals surface area (Å²) in [4.78, 5) is 10.7. The molecule has 1 N–H and O–H groups in total. The Labute approximate surface area is 116 Å². The summed E-state index contributed by atoms with van der Waals surface area (Å²) in [5, 5.41) is 5.88. The Bertz CT molecular complexity index is 601. The van der Waals surface area contributed by atoms with E-state index in [-0.39, 0.29) is 12.4 Å². The van der Waals surface area contributed by atoms with Crippen LogP contribution in [0.1, 0.15) is 17.4 Å². The second-order valence-electron chi connectivity index (χ2n) is 3.81. The van der Waals surface area contributed by atoms with Gasteiger partial charge in [0, 0.05) is 26.0 Å². The molecule has 0 amide bonds. The molecule has 0 aromatic carbocycles. The van der Waals surface area contributed by atoms with Gasteiger partial charge in [0.25, 0.3) is 0 Å². The van der Waals surface area contributed by atoms with E-state index in [1.165, 1.54) is 0 Å². The largest absolute Gasteiger partial charge is 0.433 e. The van der Waals surface area contributed by atoms with Crippen LogP contribution in [0.3, 0.4) is 0 Å². The normalized spacial score (nSPS) is 11.7. The van der Waals surface area contributed by atoms with Gasteiger partial charge in [-0.05, 0) is 11.6 Å². The molecule has 0 aliphatic rings. The minimum atomic E-state index is -4.58. The zero-order chi connectivity index (χ0) is 14.8. The summed E-state index contributed by atoms with van der Waals surface area (Å²) in [6.07, 6.45) is -4.20. The van der Waals surface area contributed by atoms with Crippen molar-refractivity contribution in [2.24, 2.45) is 0 Å². The molecule has 0 bridgehead atoms. The number of alkyl halides is 3. The average molecular weight is 308 g/mol. The van der Waals surface area contributed by atoms with Gasteiger partial charge in [-0.3, -0.25) is 0 Å². The van der Waals surface area contributed by atoms with Gasteiger partial charge in [-0.2, -0.15) is 18.2 Å². The molecular weight excluding hydrogens is 299 g/mol. The molecule has 108 valence electrons. The van der Waals surface area contributed by atoms with Crippen LogP contribution in [0.4, 0.5) is 19.0 Å². The van der Waals surface area contributed by atoms with Crippen LogP contribution in [0, 0.1) is 6.92 Å². The number of aromatic nitrogens is 4. The summed E-state index contributed by atoms with van der Waals surface area (Å²) in [6, 6.07) is 0.785. The molecule has 2 aromatic heterocycles. The minimum Gasteiger partial charge on any atom is -0.369 e. The molecule has 0 radical (unpaired) electrons. The van der Waals surface area contributed by atoms with Crippen molar-refractivity contribution >= 4 is 17.4 Å². The van der Waals surface area contributed by atoms with E-state index >= 15 is 0 Å². The van der Waals surface area contributed by atoms with Gasteiger partial charge in [-0.15, -0.1) is 0 Å². The van der Waals surface area contributed by atoms with Crippen LogP contribution in [-0.2, 0) is 12.6 Å². The maximum atomic E-state index is 12.5. The van der Waals surface area contributed by atoms with Crippen molar-refractivity contribution in [3.8, 4) is 0 Å². The van der Waals surface area contributed by atoms with Crippen molar-refractivity contribution in [2.45, 2.75) is 19.5 Å². The van der Waals surface area contributed by atoms with Crippen molar-refractivity contribution in [1.29, 1.82) is 0 Å². The van der Waals surface area contributed by atoms with E-state index in [0.717, 1.165) is 6.07 Å². The van der Waals surface area contributed by atoms with E-state index in [1.807, 2.05) is 0 Å². The van der Waals surface area contributed by atoms with Crippen LogP contribution in [-0.4, -0.2) is 26.7 Å². The second kappa shape index (κ2) is 5.61. The van der Waals surface area contributed by atoms with E-state index in [0.29, 0.717) is 18.1 Å². The first kappa shape index (κ1) is 14.5. The van der Waals surface area contributed by atoms with Gasteiger partial charge in [0.15, 0.2) is 11.5 Å². The van der Waals surface area contributed by atoms with E-state index in [9.17, 15) is 13.2 Å². The fourth-order valence-corrected chi connectivity index (χ4v) is 1.58. The molecule has 2 aromatic rings. The number of rotatable bonds is 4. The van der Waals surface area contributed by atoms with Crippen molar-refractivity contribution < 1.29 is 17.7 Å². The van der Waals surface area contributed by atoms with Gasteiger partial charge in [0.2, 0.25) is 11.2 Å². The quantitative estimate of drug-likeness (QED) is 0.875. The number of anilines is 1.